The zero-order valence-electron chi connectivity index (χ0n) is 11.0. The molecule has 0 aromatic carbocycles. The summed E-state index contributed by atoms with van der Waals surface area (Å²) < 4.78 is 0. The van der Waals surface area contributed by atoms with Crippen molar-refractivity contribution in [2.45, 2.75) is 39.3 Å². The number of nitrogens with two attached hydrogens (primary N) is 1. The molecule has 90 valence electrons. The average Bonchev–Trinajstić information content (AvgIpc) is 2.09. The number of likely N-dealkylation sites (N-methyl/N-ethyl adjacent to an activating group) is 1. The molecule has 0 aromatic rings. The molecule has 1 heterocycles. The van der Waals surface area contributed by atoms with Gasteiger partial charge in [0.1, 0.15) is 0 Å². The third kappa shape index (κ3) is 3.16. The van der Waals surface area contributed by atoms with E-state index in [-0.39, 0.29) is 5.54 Å². The Kier molecular flexibility index (Phi) is 4.15. The minimum absolute atomic E-state index is 0.247. The molecule has 0 aliphatic carbocycles. The van der Waals surface area contributed by atoms with Crippen LogP contribution in [0.2, 0.25) is 0 Å². The number of hydrogen-bond acceptors (Lipinski definition) is 3. The molecular formula is C12H27N3. The molecule has 0 amide bonds. The van der Waals surface area contributed by atoms with Gasteiger partial charge in [-0.25, -0.2) is 0 Å². The van der Waals surface area contributed by atoms with Crippen LogP contribution < -0.4 is 5.73 Å². The highest BCUT2D eigenvalue weighted by molar-refractivity contribution is 4.94. The highest BCUT2D eigenvalue weighted by atomic mass is 15.3. The average molecular weight is 213 g/mol. The number of nitrogens with zero attached hydrogens (tertiary/aromatic N) is 2. The monoisotopic (exact) mass is 213 g/mol. The molecule has 1 unspecified atom stereocenters. The van der Waals surface area contributed by atoms with Crippen LogP contribution >= 0.6 is 0 Å². The van der Waals surface area contributed by atoms with E-state index in [1.807, 2.05) is 0 Å². The molecule has 1 rings (SSSR count). The molecule has 1 fully saturated rings. The van der Waals surface area contributed by atoms with E-state index in [9.17, 15) is 0 Å². The Hall–Kier alpha value is -0.120. The lowest BCUT2D eigenvalue weighted by atomic mass is 9.95. The first-order valence-electron chi connectivity index (χ1n) is 6.02. The van der Waals surface area contributed by atoms with Gasteiger partial charge in [0.2, 0.25) is 0 Å². The van der Waals surface area contributed by atoms with E-state index in [1.54, 1.807) is 0 Å². The fourth-order valence-electron chi connectivity index (χ4n) is 2.53. The number of piperazine rings is 1. The van der Waals surface area contributed by atoms with Gasteiger partial charge in [0, 0.05) is 37.8 Å². The van der Waals surface area contributed by atoms with Gasteiger partial charge < -0.3 is 5.73 Å². The summed E-state index contributed by atoms with van der Waals surface area (Å²) in [6.07, 6.45) is 0. The number of hydrogen-bond donors (Lipinski definition) is 1. The SMILES string of the molecule is CC(C)CN1CC(CN)N(C)C(C)(C)C1. The van der Waals surface area contributed by atoms with Crippen molar-refractivity contribution in [2.75, 3.05) is 33.2 Å². The van der Waals surface area contributed by atoms with E-state index in [0.717, 1.165) is 25.6 Å². The standard InChI is InChI=1S/C12H27N3/c1-10(2)7-15-8-11(6-13)14(5)12(3,4)9-15/h10-11H,6-9,13H2,1-5H3. The summed E-state index contributed by atoms with van der Waals surface area (Å²) >= 11 is 0. The molecule has 0 radical (unpaired) electrons. The Balaban J connectivity index is 2.65. The zero-order valence-corrected chi connectivity index (χ0v) is 11.0. The molecule has 0 bridgehead atoms. The molecule has 3 heteroatoms. The Morgan fingerprint density at radius 2 is 2.00 bits per heavy atom. The van der Waals surface area contributed by atoms with E-state index < -0.39 is 0 Å². The largest absolute Gasteiger partial charge is 0.329 e. The van der Waals surface area contributed by atoms with Crippen molar-refractivity contribution >= 4 is 0 Å². The van der Waals surface area contributed by atoms with Crippen molar-refractivity contribution in [3.8, 4) is 0 Å². The quantitative estimate of drug-likeness (QED) is 0.759. The lowest BCUT2D eigenvalue weighted by Gasteiger charge is -2.50. The Morgan fingerprint density at radius 1 is 1.40 bits per heavy atom. The molecule has 0 spiro atoms. The Morgan fingerprint density at radius 3 is 2.47 bits per heavy atom. The third-order valence-electron chi connectivity index (χ3n) is 3.48. The first kappa shape index (κ1) is 12.9. The van der Waals surface area contributed by atoms with Crippen LogP contribution in [0.3, 0.4) is 0 Å². The van der Waals surface area contributed by atoms with Crippen LogP contribution in [0.15, 0.2) is 0 Å². The maximum Gasteiger partial charge on any atom is 0.0348 e. The van der Waals surface area contributed by atoms with E-state index >= 15 is 0 Å². The first-order valence-corrected chi connectivity index (χ1v) is 6.02. The molecule has 0 aromatic heterocycles. The summed E-state index contributed by atoms with van der Waals surface area (Å²) in [7, 11) is 2.20. The summed E-state index contributed by atoms with van der Waals surface area (Å²) in [5, 5.41) is 0. The summed E-state index contributed by atoms with van der Waals surface area (Å²) in [4.78, 5) is 4.99. The fraction of sp³-hybridized carbons (Fsp3) is 1.00. The van der Waals surface area contributed by atoms with Gasteiger partial charge in [0.15, 0.2) is 0 Å². The van der Waals surface area contributed by atoms with Crippen LogP contribution in [0.1, 0.15) is 27.7 Å². The van der Waals surface area contributed by atoms with Gasteiger partial charge in [0.25, 0.3) is 0 Å². The Bertz CT molecular complexity index is 201. The van der Waals surface area contributed by atoms with Gasteiger partial charge in [-0.3, -0.25) is 9.80 Å². The van der Waals surface area contributed by atoms with Crippen molar-refractivity contribution in [2.24, 2.45) is 11.7 Å². The van der Waals surface area contributed by atoms with Crippen molar-refractivity contribution in [1.29, 1.82) is 0 Å². The minimum Gasteiger partial charge on any atom is -0.329 e. The van der Waals surface area contributed by atoms with Crippen molar-refractivity contribution < 1.29 is 0 Å². The van der Waals surface area contributed by atoms with Crippen LogP contribution in [0.5, 0.6) is 0 Å². The summed E-state index contributed by atoms with van der Waals surface area (Å²) in [5.74, 6) is 0.739. The molecule has 15 heavy (non-hydrogen) atoms. The molecule has 1 aliphatic heterocycles. The maximum absolute atomic E-state index is 5.84. The minimum atomic E-state index is 0.247. The second-order valence-electron chi connectivity index (χ2n) is 5.90. The lowest BCUT2D eigenvalue weighted by Crippen LogP contribution is -2.64. The van der Waals surface area contributed by atoms with E-state index in [1.165, 1.54) is 6.54 Å². The number of rotatable bonds is 3. The summed E-state index contributed by atoms with van der Waals surface area (Å²) in [5.41, 5.74) is 6.09. The van der Waals surface area contributed by atoms with E-state index in [4.69, 9.17) is 5.73 Å². The second-order valence-corrected chi connectivity index (χ2v) is 5.90. The normalized spacial score (nSPS) is 28.6. The molecule has 1 aliphatic rings. The van der Waals surface area contributed by atoms with Crippen molar-refractivity contribution in [3.05, 3.63) is 0 Å². The highest BCUT2D eigenvalue weighted by Crippen LogP contribution is 2.23. The van der Waals surface area contributed by atoms with Gasteiger partial charge >= 0.3 is 0 Å². The van der Waals surface area contributed by atoms with Crippen molar-refractivity contribution in [3.63, 3.8) is 0 Å². The highest BCUT2D eigenvalue weighted by Gasteiger charge is 2.36. The smallest absolute Gasteiger partial charge is 0.0348 e. The molecule has 2 N–H and O–H groups in total. The lowest BCUT2D eigenvalue weighted by molar-refractivity contribution is -0.00694. The molecule has 1 saturated heterocycles. The van der Waals surface area contributed by atoms with Crippen LogP contribution in [0, 0.1) is 5.92 Å². The van der Waals surface area contributed by atoms with Crippen LogP contribution in [0.25, 0.3) is 0 Å². The second kappa shape index (κ2) is 4.81. The van der Waals surface area contributed by atoms with Gasteiger partial charge in [-0.2, -0.15) is 0 Å². The van der Waals surface area contributed by atoms with E-state index in [2.05, 4.69) is 44.5 Å². The van der Waals surface area contributed by atoms with Gasteiger partial charge in [-0.1, -0.05) is 13.8 Å². The van der Waals surface area contributed by atoms with Gasteiger partial charge in [-0.05, 0) is 26.8 Å². The molecule has 3 nitrogen and oxygen atoms in total. The third-order valence-corrected chi connectivity index (χ3v) is 3.48. The van der Waals surface area contributed by atoms with E-state index in [0.29, 0.717) is 6.04 Å². The fourth-order valence-corrected chi connectivity index (χ4v) is 2.53. The molecule has 0 saturated carbocycles. The van der Waals surface area contributed by atoms with Gasteiger partial charge in [-0.15, -0.1) is 0 Å². The first-order chi connectivity index (χ1) is 6.86. The zero-order chi connectivity index (χ0) is 11.6. The van der Waals surface area contributed by atoms with Crippen LogP contribution in [-0.4, -0.2) is 54.6 Å². The predicted molar refractivity (Wildman–Crippen MR) is 66.0 cm³/mol. The maximum atomic E-state index is 5.84. The molecular weight excluding hydrogens is 186 g/mol. The van der Waals surface area contributed by atoms with Crippen molar-refractivity contribution in [1.82, 2.24) is 9.80 Å². The summed E-state index contributed by atoms with van der Waals surface area (Å²) in [6, 6.07) is 0.507. The topological polar surface area (TPSA) is 32.5 Å². The molecule has 1 atom stereocenters. The van der Waals surface area contributed by atoms with Crippen LogP contribution in [-0.2, 0) is 0 Å². The Labute approximate surface area is 94.6 Å². The van der Waals surface area contributed by atoms with Crippen LogP contribution in [0.4, 0.5) is 0 Å². The van der Waals surface area contributed by atoms with Gasteiger partial charge in [0.05, 0.1) is 0 Å². The predicted octanol–water partition coefficient (Wildman–Crippen LogP) is 0.996. The summed E-state index contributed by atoms with van der Waals surface area (Å²) in [6.45, 7) is 13.4.